The Labute approximate surface area is 136 Å². The number of aromatic nitrogens is 2. The van der Waals surface area contributed by atoms with Crippen LogP contribution < -0.4 is 0 Å². The van der Waals surface area contributed by atoms with Gasteiger partial charge in [-0.3, -0.25) is 14.6 Å². The average molecular weight is 316 g/mol. The normalized spacial score (nSPS) is 22.9. The first kappa shape index (κ1) is 15.9. The van der Waals surface area contributed by atoms with Crippen molar-refractivity contribution in [3.05, 3.63) is 24.3 Å². The molecule has 124 valence electrons. The fraction of sp³-hybridized carbons (Fsp3) is 0.647. The maximum Gasteiger partial charge on any atom is 0.274 e. The highest BCUT2D eigenvalue weighted by Gasteiger charge is 2.32. The third-order valence-corrected chi connectivity index (χ3v) is 4.94. The predicted octanol–water partition coefficient (Wildman–Crippen LogP) is 1.59. The van der Waals surface area contributed by atoms with E-state index >= 15 is 0 Å². The van der Waals surface area contributed by atoms with E-state index < -0.39 is 0 Å². The Kier molecular flexibility index (Phi) is 4.88. The molecule has 1 aromatic heterocycles. The first-order valence-electron chi connectivity index (χ1n) is 8.49. The van der Waals surface area contributed by atoms with E-state index in [0.717, 1.165) is 38.8 Å². The maximum atomic E-state index is 12.7. The molecule has 3 rings (SSSR count). The lowest BCUT2D eigenvalue weighted by atomic mass is 9.93. The number of likely N-dealkylation sites (tertiary alicyclic amines) is 2. The van der Waals surface area contributed by atoms with Crippen molar-refractivity contribution >= 4 is 11.8 Å². The van der Waals surface area contributed by atoms with Gasteiger partial charge in [0.1, 0.15) is 5.69 Å². The molecule has 6 nitrogen and oxygen atoms in total. The number of hydrogen-bond acceptors (Lipinski definition) is 4. The highest BCUT2D eigenvalue weighted by molar-refractivity contribution is 5.92. The highest BCUT2D eigenvalue weighted by Crippen LogP contribution is 2.23. The molecule has 0 N–H and O–H groups in total. The molecule has 3 heterocycles. The molecule has 0 aliphatic carbocycles. The molecule has 2 aliphatic rings. The largest absolute Gasteiger partial charge is 0.342 e. The summed E-state index contributed by atoms with van der Waals surface area (Å²) in [7, 11) is 0. The van der Waals surface area contributed by atoms with Crippen molar-refractivity contribution in [2.45, 2.75) is 32.6 Å². The van der Waals surface area contributed by atoms with Crippen molar-refractivity contribution in [2.24, 2.45) is 11.8 Å². The fourth-order valence-electron chi connectivity index (χ4n) is 3.42. The van der Waals surface area contributed by atoms with Crippen LogP contribution in [-0.2, 0) is 4.79 Å². The van der Waals surface area contributed by atoms with Crippen LogP contribution in [0.5, 0.6) is 0 Å². The number of rotatable bonds is 2. The Morgan fingerprint density at radius 3 is 2.57 bits per heavy atom. The molecule has 0 saturated carbocycles. The van der Waals surface area contributed by atoms with Gasteiger partial charge in [0.25, 0.3) is 5.91 Å². The second-order valence-corrected chi connectivity index (χ2v) is 6.69. The molecule has 1 aromatic rings. The molecular formula is C17H24N4O2. The van der Waals surface area contributed by atoms with Gasteiger partial charge >= 0.3 is 0 Å². The molecule has 2 saturated heterocycles. The fourth-order valence-corrected chi connectivity index (χ4v) is 3.42. The van der Waals surface area contributed by atoms with Crippen LogP contribution in [0.1, 0.15) is 43.1 Å². The zero-order chi connectivity index (χ0) is 16.2. The van der Waals surface area contributed by atoms with E-state index in [1.165, 1.54) is 12.4 Å². The molecule has 2 aliphatic heterocycles. The molecule has 0 spiro atoms. The van der Waals surface area contributed by atoms with Crippen LogP contribution in [-0.4, -0.2) is 57.8 Å². The van der Waals surface area contributed by atoms with Crippen LogP contribution in [0, 0.1) is 11.8 Å². The Balaban J connectivity index is 1.62. The van der Waals surface area contributed by atoms with Gasteiger partial charge < -0.3 is 9.80 Å². The lowest BCUT2D eigenvalue weighted by Gasteiger charge is -2.37. The summed E-state index contributed by atoms with van der Waals surface area (Å²) in [5.74, 6) is 0.731. The topological polar surface area (TPSA) is 66.4 Å². The van der Waals surface area contributed by atoms with E-state index in [4.69, 9.17) is 0 Å². The van der Waals surface area contributed by atoms with Crippen LogP contribution in [0.2, 0.25) is 0 Å². The summed E-state index contributed by atoms with van der Waals surface area (Å²) >= 11 is 0. The maximum absolute atomic E-state index is 12.7. The van der Waals surface area contributed by atoms with Crippen LogP contribution in [0.4, 0.5) is 0 Å². The molecule has 0 aromatic carbocycles. The van der Waals surface area contributed by atoms with Crippen molar-refractivity contribution in [2.75, 3.05) is 26.2 Å². The lowest BCUT2D eigenvalue weighted by Crippen LogP contribution is -2.48. The minimum absolute atomic E-state index is 0.0715. The van der Waals surface area contributed by atoms with Crippen LogP contribution in [0.3, 0.4) is 0 Å². The zero-order valence-corrected chi connectivity index (χ0v) is 13.6. The van der Waals surface area contributed by atoms with E-state index in [0.29, 0.717) is 24.7 Å². The van der Waals surface area contributed by atoms with Crippen molar-refractivity contribution in [1.29, 1.82) is 0 Å². The minimum atomic E-state index is -0.122. The number of piperidine rings is 2. The number of amides is 2. The predicted molar refractivity (Wildman–Crippen MR) is 85.6 cm³/mol. The second kappa shape index (κ2) is 7.06. The van der Waals surface area contributed by atoms with E-state index in [1.54, 1.807) is 11.1 Å². The third kappa shape index (κ3) is 3.68. The molecule has 1 atom stereocenters. The summed E-state index contributed by atoms with van der Waals surface area (Å²) in [6.07, 6.45) is 8.47. The van der Waals surface area contributed by atoms with Crippen molar-refractivity contribution in [1.82, 2.24) is 19.8 Å². The number of nitrogens with zero attached hydrogens (tertiary/aromatic N) is 4. The Hall–Kier alpha value is -1.98. The lowest BCUT2D eigenvalue weighted by molar-refractivity contribution is -0.138. The van der Waals surface area contributed by atoms with Crippen LogP contribution >= 0.6 is 0 Å². The molecule has 0 bridgehead atoms. The van der Waals surface area contributed by atoms with Gasteiger partial charge in [-0.05, 0) is 31.6 Å². The van der Waals surface area contributed by atoms with Gasteiger partial charge in [0.05, 0.1) is 12.1 Å². The van der Waals surface area contributed by atoms with Gasteiger partial charge in [-0.2, -0.15) is 0 Å². The summed E-state index contributed by atoms with van der Waals surface area (Å²) in [5, 5.41) is 0. The van der Waals surface area contributed by atoms with E-state index in [-0.39, 0.29) is 17.7 Å². The molecule has 1 unspecified atom stereocenters. The van der Waals surface area contributed by atoms with Gasteiger partial charge in [-0.25, -0.2) is 4.98 Å². The van der Waals surface area contributed by atoms with Gasteiger partial charge in [0.2, 0.25) is 5.91 Å². The van der Waals surface area contributed by atoms with Crippen molar-refractivity contribution in [3.63, 3.8) is 0 Å². The van der Waals surface area contributed by atoms with E-state index in [2.05, 4.69) is 16.9 Å². The smallest absolute Gasteiger partial charge is 0.274 e. The molecular weight excluding hydrogens is 292 g/mol. The molecule has 0 radical (unpaired) electrons. The monoisotopic (exact) mass is 316 g/mol. The molecule has 2 amide bonds. The average Bonchev–Trinajstić information content (AvgIpc) is 2.62. The highest BCUT2D eigenvalue weighted by atomic mass is 16.2. The van der Waals surface area contributed by atoms with Gasteiger partial charge in [0, 0.05) is 38.6 Å². The van der Waals surface area contributed by atoms with Crippen LogP contribution in [0.25, 0.3) is 0 Å². The number of hydrogen-bond donors (Lipinski definition) is 0. The molecule has 2 fully saturated rings. The van der Waals surface area contributed by atoms with Gasteiger partial charge in [-0.1, -0.05) is 6.92 Å². The SMILES string of the molecule is CC1CCN(C(=O)C2CCCN(C(=O)c3cnccn3)C2)CC1. The first-order valence-corrected chi connectivity index (χ1v) is 8.49. The first-order chi connectivity index (χ1) is 11.1. The Morgan fingerprint density at radius 1 is 1.09 bits per heavy atom. The molecule has 23 heavy (non-hydrogen) atoms. The minimum Gasteiger partial charge on any atom is -0.342 e. The summed E-state index contributed by atoms with van der Waals surface area (Å²) < 4.78 is 0. The zero-order valence-electron chi connectivity index (χ0n) is 13.6. The number of carbonyl (C=O) groups is 2. The van der Waals surface area contributed by atoms with E-state index in [9.17, 15) is 9.59 Å². The molecule has 6 heteroatoms. The van der Waals surface area contributed by atoms with Crippen molar-refractivity contribution < 1.29 is 9.59 Å². The summed E-state index contributed by atoms with van der Waals surface area (Å²) in [6, 6.07) is 0. The van der Waals surface area contributed by atoms with Gasteiger partial charge in [0.15, 0.2) is 0 Å². The Morgan fingerprint density at radius 2 is 1.87 bits per heavy atom. The number of carbonyl (C=O) groups excluding carboxylic acids is 2. The van der Waals surface area contributed by atoms with Crippen molar-refractivity contribution in [3.8, 4) is 0 Å². The van der Waals surface area contributed by atoms with E-state index in [1.807, 2.05) is 4.90 Å². The van der Waals surface area contributed by atoms with Gasteiger partial charge in [-0.15, -0.1) is 0 Å². The third-order valence-electron chi connectivity index (χ3n) is 4.94. The standard InChI is InChI=1S/C17H24N4O2/c1-13-4-9-20(10-5-13)16(22)14-3-2-8-21(12-14)17(23)15-11-18-6-7-19-15/h6-7,11,13-14H,2-5,8-10,12H2,1H3. The quantitative estimate of drug-likeness (QED) is 0.831. The summed E-state index contributed by atoms with van der Waals surface area (Å²) in [5.41, 5.74) is 0.354. The Bertz CT molecular complexity index is 555. The van der Waals surface area contributed by atoms with Crippen LogP contribution in [0.15, 0.2) is 18.6 Å². The summed E-state index contributed by atoms with van der Waals surface area (Å²) in [6.45, 7) is 5.14. The second-order valence-electron chi connectivity index (χ2n) is 6.69. The summed E-state index contributed by atoms with van der Waals surface area (Å²) in [4.78, 5) is 37.0.